The number of hydrogen-bond donors (Lipinski definition) is 1. The number of rotatable bonds is 5. The molecule has 1 atom stereocenters. The summed E-state index contributed by atoms with van der Waals surface area (Å²) >= 11 is 9.36. The van der Waals surface area contributed by atoms with Crippen LogP contribution in [0, 0.1) is 10.1 Å². The lowest BCUT2D eigenvalue weighted by Gasteiger charge is -2.27. The maximum Gasteiger partial charge on any atom is 0.408 e. The van der Waals surface area contributed by atoms with Crippen molar-refractivity contribution in [3.63, 3.8) is 0 Å². The zero-order valence-electron chi connectivity index (χ0n) is 13.4. The monoisotopic (exact) mass is 530 g/mol. The molecular weight excluding hydrogens is 516 g/mol. The van der Waals surface area contributed by atoms with Crippen molar-refractivity contribution in [3.8, 4) is 5.75 Å². The van der Waals surface area contributed by atoms with Gasteiger partial charge in [0.1, 0.15) is 17.4 Å². The van der Waals surface area contributed by atoms with Gasteiger partial charge in [0.25, 0.3) is 0 Å². The quantitative estimate of drug-likeness (QED) is 0.256. The summed E-state index contributed by atoms with van der Waals surface area (Å²) < 4.78 is 9.11. The summed E-state index contributed by atoms with van der Waals surface area (Å²) in [6.45, 7) is 5.11. The van der Waals surface area contributed by atoms with Crippen molar-refractivity contribution in [2.45, 2.75) is 35.8 Å². The fraction of sp³-hybridized carbons (Fsp3) is 0.500. The highest BCUT2D eigenvalue weighted by Gasteiger charge is 2.48. The van der Waals surface area contributed by atoms with Crippen LogP contribution in [0.3, 0.4) is 0 Å². The van der Waals surface area contributed by atoms with E-state index in [2.05, 4.69) is 53.1 Å². The number of carbonyl (C=O) groups is 1. The van der Waals surface area contributed by atoms with Crippen molar-refractivity contribution in [2.24, 2.45) is 0 Å². The van der Waals surface area contributed by atoms with Gasteiger partial charge in [0.05, 0.1) is 16.5 Å². The Labute approximate surface area is 165 Å². The number of alkyl carbamates (subject to hydrolysis) is 1. The summed E-state index contributed by atoms with van der Waals surface area (Å²) in [6, 6.07) is 3.83. The molecule has 24 heavy (non-hydrogen) atoms. The molecule has 0 aliphatic rings. The molecule has 1 rings (SSSR count). The van der Waals surface area contributed by atoms with Crippen molar-refractivity contribution in [1.82, 2.24) is 5.32 Å². The number of hydrogen-bond acceptors (Lipinski definition) is 5. The third-order valence-electron chi connectivity index (χ3n) is 2.76. The van der Waals surface area contributed by atoms with E-state index in [4.69, 9.17) is 9.47 Å². The Morgan fingerprint density at radius 1 is 1.33 bits per heavy atom. The highest BCUT2D eigenvalue weighted by Crippen LogP contribution is 2.41. The van der Waals surface area contributed by atoms with Gasteiger partial charge in [-0.05, 0) is 54.4 Å². The normalized spacial score (nSPS) is 13.1. The minimum Gasteiger partial charge on any atom is -0.496 e. The molecule has 0 aliphatic heterocycles. The van der Waals surface area contributed by atoms with Crippen LogP contribution in [0.2, 0.25) is 0 Å². The van der Waals surface area contributed by atoms with E-state index >= 15 is 0 Å². The van der Waals surface area contributed by atoms with Crippen molar-refractivity contribution >= 4 is 53.9 Å². The van der Waals surface area contributed by atoms with Crippen LogP contribution in [0.1, 0.15) is 32.4 Å². The first-order valence-electron chi connectivity index (χ1n) is 6.73. The first-order valence-corrected chi connectivity index (χ1v) is 9.11. The number of amides is 1. The second-order valence-corrected chi connectivity index (χ2v) is 10.2. The Hall–Kier alpha value is -0.870. The largest absolute Gasteiger partial charge is 0.496 e. The van der Waals surface area contributed by atoms with Gasteiger partial charge in [-0.2, -0.15) is 0 Å². The number of methoxy groups -OCH3 is 1. The maximum absolute atomic E-state index is 12.1. The molecule has 0 bridgehead atoms. The summed E-state index contributed by atoms with van der Waals surface area (Å²) in [5, 5.41) is 13.9. The van der Waals surface area contributed by atoms with E-state index in [1.165, 1.54) is 7.11 Å². The highest BCUT2D eigenvalue weighted by molar-refractivity contribution is 9.25. The van der Waals surface area contributed by atoms with Crippen LogP contribution < -0.4 is 10.1 Å². The fourth-order valence-corrected chi connectivity index (χ4v) is 3.08. The van der Waals surface area contributed by atoms with Gasteiger partial charge in [0.15, 0.2) is 0 Å². The minimum atomic E-state index is -1.81. The second-order valence-electron chi connectivity index (χ2n) is 5.82. The molecule has 1 unspecified atom stereocenters. The topological polar surface area (TPSA) is 90.7 Å². The first-order chi connectivity index (χ1) is 10.9. The number of halogens is 3. The SMILES string of the molecule is COc1ccc(C(NC(=O)OC(C)(C)C)C(Br)(Br)[N+](=O)[O-])cc1Br. The predicted molar refractivity (Wildman–Crippen MR) is 100 cm³/mol. The highest BCUT2D eigenvalue weighted by atomic mass is 79.9. The van der Waals surface area contributed by atoms with Gasteiger partial charge in [0.2, 0.25) is 0 Å². The molecule has 10 heteroatoms. The van der Waals surface area contributed by atoms with Crippen LogP contribution in [0.4, 0.5) is 4.79 Å². The number of nitrogens with zero attached hydrogens (tertiary/aromatic N) is 1. The van der Waals surface area contributed by atoms with Crippen LogP contribution in [-0.4, -0.2) is 27.1 Å². The van der Waals surface area contributed by atoms with Crippen molar-refractivity contribution in [2.75, 3.05) is 7.11 Å². The lowest BCUT2D eigenvalue weighted by atomic mass is 10.1. The lowest BCUT2D eigenvalue weighted by molar-refractivity contribution is -0.509. The Balaban J connectivity index is 3.22. The molecule has 1 aromatic carbocycles. The van der Waals surface area contributed by atoms with Gasteiger partial charge in [0, 0.05) is 31.9 Å². The summed E-state index contributed by atoms with van der Waals surface area (Å²) in [4.78, 5) is 22.9. The smallest absolute Gasteiger partial charge is 0.408 e. The van der Waals surface area contributed by atoms with E-state index in [-0.39, 0.29) is 0 Å². The summed E-state index contributed by atoms with van der Waals surface area (Å²) in [5.41, 5.74) is -0.260. The van der Waals surface area contributed by atoms with Gasteiger partial charge < -0.3 is 14.8 Å². The predicted octanol–water partition coefficient (Wildman–Crippen LogP) is 4.74. The molecule has 1 aromatic rings. The minimum absolute atomic E-state index is 0.471. The second kappa shape index (κ2) is 8.01. The number of alkyl halides is 2. The van der Waals surface area contributed by atoms with Gasteiger partial charge in [-0.25, -0.2) is 4.79 Å². The fourth-order valence-electron chi connectivity index (χ4n) is 1.76. The molecule has 0 aliphatic carbocycles. The van der Waals surface area contributed by atoms with E-state index < -0.39 is 26.0 Å². The van der Waals surface area contributed by atoms with Crippen LogP contribution in [0.25, 0.3) is 0 Å². The molecule has 0 saturated carbocycles. The van der Waals surface area contributed by atoms with E-state index in [0.717, 1.165) is 0 Å². The zero-order valence-corrected chi connectivity index (χ0v) is 18.2. The Kier molecular flexibility index (Phi) is 7.06. The van der Waals surface area contributed by atoms with E-state index in [1.54, 1.807) is 39.0 Å². The number of nitrogens with one attached hydrogen (secondary N) is 1. The van der Waals surface area contributed by atoms with Crippen LogP contribution in [0.5, 0.6) is 5.75 Å². The third kappa shape index (κ3) is 5.59. The third-order valence-corrected chi connectivity index (χ3v) is 4.88. The molecule has 1 N–H and O–H groups in total. The molecule has 1 amide bonds. The van der Waals surface area contributed by atoms with Gasteiger partial charge in [-0.1, -0.05) is 6.07 Å². The maximum atomic E-state index is 12.1. The number of benzene rings is 1. The van der Waals surface area contributed by atoms with Crippen molar-refractivity contribution in [1.29, 1.82) is 0 Å². The lowest BCUT2D eigenvalue weighted by Crippen LogP contribution is -2.44. The van der Waals surface area contributed by atoms with Crippen LogP contribution >= 0.6 is 47.8 Å². The van der Waals surface area contributed by atoms with E-state index in [0.29, 0.717) is 15.8 Å². The molecule has 0 saturated heterocycles. The molecule has 134 valence electrons. The zero-order chi connectivity index (χ0) is 18.7. The van der Waals surface area contributed by atoms with Gasteiger partial charge in [-0.15, -0.1) is 0 Å². The molecule has 0 aromatic heterocycles. The molecule has 0 heterocycles. The van der Waals surface area contributed by atoms with Crippen LogP contribution in [-0.2, 0) is 4.74 Å². The van der Waals surface area contributed by atoms with E-state index in [1.807, 2.05) is 0 Å². The number of nitro groups is 1. The van der Waals surface area contributed by atoms with Crippen molar-refractivity contribution < 1.29 is 19.2 Å². The van der Waals surface area contributed by atoms with E-state index in [9.17, 15) is 14.9 Å². The van der Waals surface area contributed by atoms with Crippen molar-refractivity contribution in [3.05, 3.63) is 38.3 Å². The first kappa shape index (κ1) is 21.2. The van der Waals surface area contributed by atoms with Gasteiger partial charge >= 0.3 is 9.45 Å². The standard InChI is InChI=1S/C14H17Br3N2O5/c1-13(2,3)24-12(20)18-11(14(16,17)19(21)22)8-5-6-10(23-4)9(15)7-8/h5-7,11H,1-4H3,(H,18,20). The Morgan fingerprint density at radius 3 is 2.33 bits per heavy atom. The average molecular weight is 533 g/mol. The van der Waals surface area contributed by atoms with Gasteiger partial charge in [-0.3, -0.25) is 10.1 Å². The number of carbonyl (C=O) groups excluding carboxylic acids is 1. The summed E-state index contributed by atoms with van der Waals surface area (Å²) in [5.74, 6) is 0.561. The molecule has 7 nitrogen and oxygen atoms in total. The van der Waals surface area contributed by atoms with Crippen LogP contribution in [0.15, 0.2) is 22.7 Å². The Bertz CT molecular complexity index is 631. The number of ether oxygens (including phenoxy) is 2. The molecule has 0 spiro atoms. The molecular formula is C14H17Br3N2O5. The molecule has 0 radical (unpaired) electrons. The summed E-state index contributed by atoms with van der Waals surface area (Å²) in [6.07, 6.45) is -0.774. The summed E-state index contributed by atoms with van der Waals surface area (Å²) in [7, 11) is 1.51. The average Bonchev–Trinajstić information content (AvgIpc) is 2.42. The Morgan fingerprint density at radius 2 is 1.92 bits per heavy atom. The molecule has 0 fully saturated rings.